The van der Waals surface area contributed by atoms with Gasteiger partial charge in [-0.15, -0.1) is 0 Å². The molecule has 1 unspecified atom stereocenters. The van der Waals surface area contributed by atoms with Gasteiger partial charge >= 0.3 is 0 Å². The first-order chi connectivity index (χ1) is 8.49. The van der Waals surface area contributed by atoms with Crippen molar-refractivity contribution in [1.82, 2.24) is 19.6 Å². The molecule has 0 radical (unpaired) electrons. The molecular formula is C12H19BrN4O. The number of Topliss-reactive ketones (excluding diaryl/α,β-unsaturated/α-hetero) is 1. The molecule has 100 valence electrons. The van der Waals surface area contributed by atoms with Gasteiger partial charge in [-0.3, -0.25) is 9.48 Å². The molecule has 2 heterocycles. The molecule has 1 saturated heterocycles. The Kier molecular flexibility index (Phi) is 4.19. The van der Waals surface area contributed by atoms with Gasteiger partial charge in [-0.1, -0.05) is 0 Å². The Bertz CT molecular complexity index is 426. The van der Waals surface area contributed by atoms with E-state index in [1.807, 2.05) is 0 Å². The summed E-state index contributed by atoms with van der Waals surface area (Å²) in [6.45, 7) is 3.02. The summed E-state index contributed by atoms with van der Waals surface area (Å²) in [7, 11) is 5.99. The average Bonchev–Trinajstić information content (AvgIpc) is 2.63. The Hall–Kier alpha value is -0.720. The third-order valence-corrected chi connectivity index (χ3v) is 4.14. The van der Waals surface area contributed by atoms with Gasteiger partial charge in [0.2, 0.25) is 0 Å². The number of aromatic nitrogens is 2. The lowest BCUT2D eigenvalue weighted by molar-refractivity contribution is 0.0802. The largest absolute Gasteiger partial charge is 0.304 e. The van der Waals surface area contributed by atoms with E-state index >= 15 is 0 Å². The number of halogens is 1. The lowest BCUT2D eigenvalue weighted by atomic mass is 10.0. The topological polar surface area (TPSA) is 41.4 Å². The smallest absolute Gasteiger partial charge is 0.183 e. The SMILES string of the molecule is CN1CCN(C)C(CC(=O)c2c(Br)cnn2C)C1. The van der Waals surface area contributed by atoms with Crippen LogP contribution in [0.2, 0.25) is 0 Å². The molecule has 0 spiro atoms. The van der Waals surface area contributed by atoms with E-state index in [9.17, 15) is 4.79 Å². The van der Waals surface area contributed by atoms with Crippen LogP contribution < -0.4 is 0 Å². The first kappa shape index (κ1) is 13.7. The van der Waals surface area contributed by atoms with Gasteiger partial charge in [-0.05, 0) is 30.0 Å². The number of ketones is 1. The minimum atomic E-state index is 0.147. The second kappa shape index (κ2) is 5.50. The third kappa shape index (κ3) is 2.81. The van der Waals surface area contributed by atoms with Crippen molar-refractivity contribution in [2.75, 3.05) is 33.7 Å². The molecule has 0 N–H and O–H groups in total. The van der Waals surface area contributed by atoms with Crippen LogP contribution in [0.1, 0.15) is 16.9 Å². The van der Waals surface area contributed by atoms with Crippen LogP contribution in [-0.2, 0) is 7.05 Å². The van der Waals surface area contributed by atoms with Gasteiger partial charge in [-0.2, -0.15) is 5.10 Å². The number of piperazine rings is 1. The molecule has 2 rings (SSSR count). The molecule has 1 aliphatic rings. The minimum Gasteiger partial charge on any atom is -0.304 e. The van der Waals surface area contributed by atoms with E-state index in [2.05, 4.69) is 44.9 Å². The van der Waals surface area contributed by atoms with Crippen molar-refractivity contribution >= 4 is 21.7 Å². The summed E-state index contributed by atoms with van der Waals surface area (Å²) in [6, 6.07) is 0.290. The molecule has 6 heteroatoms. The summed E-state index contributed by atoms with van der Waals surface area (Å²) >= 11 is 3.38. The number of carbonyl (C=O) groups is 1. The number of hydrogen-bond acceptors (Lipinski definition) is 4. The van der Waals surface area contributed by atoms with Crippen LogP contribution in [-0.4, -0.2) is 65.1 Å². The average molecular weight is 315 g/mol. The lowest BCUT2D eigenvalue weighted by Gasteiger charge is -2.37. The van der Waals surface area contributed by atoms with Gasteiger partial charge in [0, 0.05) is 39.1 Å². The van der Waals surface area contributed by atoms with Crippen molar-refractivity contribution in [3.8, 4) is 0 Å². The van der Waals surface area contributed by atoms with Gasteiger partial charge in [0.25, 0.3) is 0 Å². The maximum absolute atomic E-state index is 12.3. The van der Waals surface area contributed by atoms with E-state index in [0.717, 1.165) is 24.1 Å². The van der Waals surface area contributed by atoms with Gasteiger partial charge in [0.1, 0.15) is 5.69 Å². The van der Waals surface area contributed by atoms with Crippen molar-refractivity contribution < 1.29 is 4.79 Å². The van der Waals surface area contributed by atoms with E-state index < -0.39 is 0 Å². The van der Waals surface area contributed by atoms with Crippen LogP contribution in [0, 0.1) is 0 Å². The Balaban J connectivity index is 2.07. The molecule has 1 fully saturated rings. The zero-order valence-corrected chi connectivity index (χ0v) is 12.6. The highest BCUT2D eigenvalue weighted by Crippen LogP contribution is 2.19. The Morgan fingerprint density at radius 3 is 2.78 bits per heavy atom. The molecule has 1 aromatic heterocycles. The van der Waals surface area contributed by atoms with Gasteiger partial charge in [0.05, 0.1) is 10.7 Å². The molecule has 1 atom stereocenters. The maximum atomic E-state index is 12.3. The highest BCUT2D eigenvalue weighted by Gasteiger charge is 2.26. The third-order valence-electron chi connectivity index (χ3n) is 3.56. The highest BCUT2D eigenvalue weighted by atomic mass is 79.9. The maximum Gasteiger partial charge on any atom is 0.183 e. The zero-order valence-electron chi connectivity index (χ0n) is 11.1. The fourth-order valence-corrected chi connectivity index (χ4v) is 2.93. The molecule has 5 nitrogen and oxygen atoms in total. The molecule has 0 amide bonds. The van der Waals surface area contributed by atoms with E-state index in [1.54, 1.807) is 17.9 Å². The minimum absolute atomic E-state index is 0.147. The highest BCUT2D eigenvalue weighted by molar-refractivity contribution is 9.10. The van der Waals surface area contributed by atoms with Crippen molar-refractivity contribution in [1.29, 1.82) is 0 Å². The second-order valence-electron chi connectivity index (χ2n) is 4.99. The van der Waals surface area contributed by atoms with E-state index in [0.29, 0.717) is 12.1 Å². The molecule has 18 heavy (non-hydrogen) atoms. The number of rotatable bonds is 3. The first-order valence-corrected chi connectivity index (χ1v) is 6.88. The predicted molar refractivity (Wildman–Crippen MR) is 73.8 cm³/mol. The monoisotopic (exact) mass is 314 g/mol. The zero-order chi connectivity index (χ0) is 13.3. The normalized spacial score (nSPS) is 22.3. The number of carbonyl (C=O) groups excluding carboxylic acids is 1. The molecule has 0 aliphatic carbocycles. The predicted octanol–water partition coefficient (Wildman–Crippen LogP) is 1.00. The Morgan fingerprint density at radius 1 is 1.44 bits per heavy atom. The van der Waals surface area contributed by atoms with Crippen molar-refractivity contribution in [3.63, 3.8) is 0 Å². The number of aryl methyl sites for hydroxylation is 1. The van der Waals surface area contributed by atoms with Crippen LogP contribution in [0.4, 0.5) is 0 Å². The molecule has 0 saturated carbocycles. The van der Waals surface area contributed by atoms with Crippen LogP contribution in [0.25, 0.3) is 0 Å². The molecule has 0 bridgehead atoms. The standard InChI is InChI=1S/C12H19BrN4O/c1-15-4-5-16(2)9(8-15)6-11(18)12-10(13)7-14-17(12)3/h7,9H,4-6,8H2,1-3H3. The quantitative estimate of drug-likeness (QED) is 0.781. The Morgan fingerprint density at radius 2 is 2.17 bits per heavy atom. The van der Waals surface area contributed by atoms with Crippen molar-refractivity contribution in [2.45, 2.75) is 12.5 Å². The fourth-order valence-electron chi connectivity index (χ4n) is 2.36. The van der Waals surface area contributed by atoms with Crippen molar-refractivity contribution in [2.24, 2.45) is 7.05 Å². The van der Waals surface area contributed by atoms with Gasteiger partial charge < -0.3 is 9.80 Å². The van der Waals surface area contributed by atoms with Crippen LogP contribution in [0.15, 0.2) is 10.7 Å². The lowest BCUT2D eigenvalue weighted by Crippen LogP contribution is -2.50. The molecule has 1 aromatic rings. The van der Waals surface area contributed by atoms with Crippen LogP contribution >= 0.6 is 15.9 Å². The summed E-state index contributed by atoms with van der Waals surface area (Å²) in [4.78, 5) is 16.9. The first-order valence-electron chi connectivity index (χ1n) is 6.08. The van der Waals surface area contributed by atoms with Gasteiger partial charge in [0.15, 0.2) is 5.78 Å². The summed E-state index contributed by atoms with van der Waals surface area (Å²) in [5.41, 5.74) is 0.664. The molecular weight excluding hydrogens is 296 g/mol. The summed E-state index contributed by atoms with van der Waals surface area (Å²) < 4.78 is 2.42. The second-order valence-corrected chi connectivity index (χ2v) is 5.84. The number of hydrogen-bond donors (Lipinski definition) is 0. The summed E-state index contributed by atoms with van der Waals surface area (Å²) in [5, 5.41) is 4.09. The van der Waals surface area contributed by atoms with Crippen molar-refractivity contribution in [3.05, 3.63) is 16.4 Å². The summed E-state index contributed by atoms with van der Waals surface area (Å²) in [6.07, 6.45) is 2.21. The van der Waals surface area contributed by atoms with E-state index in [4.69, 9.17) is 0 Å². The fraction of sp³-hybridized carbons (Fsp3) is 0.667. The number of likely N-dealkylation sites (N-methyl/N-ethyl adjacent to an activating group) is 2. The van der Waals surface area contributed by atoms with Gasteiger partial charge in [-0.25, -0.2) is 0 Å². The molecule has 1 aliphatic heterocycles. The Labute approximate surface area is 116 Å². The van der Waals surface area contributed by atoms with E-state index in [1.165, 1.54) is 0 Å². The van der Waals surface area contributed by atoms with Crippen LogP contribution in [0.5, 0.6) is 0 Å². The molecule has 0 aromatic carbocycles. The van der Waals surface area contributed by atoms with E-state index in [-0.39, 0.29) is 11.8 Å². The van der Waals surface area contributed by atoms with Crippen LogP contribution in [0.3, 0.4) is 0 Å². The number of nitrogens with zero attached hydrogens (tertiary/aromatic N) is 4. The summed E-state index contributed by atoms with van der Waals surface area (Å²) in [5.74, 6) is 0.147.